The third-order valence-electron chi connectivity index (χ3n) is 5.72. The number of para-hydroxylation sites is 1. The van der Waals surface area contributed by atoms with Gasteiger partial charge in [-0.3, -0.25) is 9.59 Å². The molecule has 1 amide bonds. The number of carbonyl (C=O) groups excluding carboxylic acids is 1. The lowest BCUT2D eigenvalue weighted by molar-refractivity contribution is -0.133. The van der Waals surface area contributed by atoms with E-state index >= 15 is 0 Å². The Balaban J connectivity index is 1.39. The minimum Gasteiger partial charge on any atom is -0.484 e. The van der Waals surface area contributed by atoms with Crippen molar-refractivity contribution in [2.24, 2.45) is 0 Å². The summed E-state index contributed by atoms with van der Waals surface area (Å²) in [6, 6.07) is 17.6. The number of nitrogens with zero attached hydrogens (tertiary/aromatic N) is 3. The third-order valence-corrected chi connectivity index (χ3v) is 5.72. The first kappa shape index (κ1) is 20.0. The molecule has 0 aliphatic carbocycles. The molecule has 1 fully saturated rings. The van der Waals surface area contributed by atoms with Crippen LogP contribution in [0.15, 0.2) is 59.4 Å². The van der Waals surface area contributed by atoms with Gasteiger partial charge in [-0.15, -0.1) is 0 Å². The zero-order chi connectivity index (χ0) is 21.1. The number of rotatable bonds is 5. The summed E-state index contributed by atoms with van der Waals surface area (Å²) in [5.74, 6) is 0.589. The van der Waals surface area contributed by atoms with Crippen LogP contribution in [0.4, 0.5) is 5.69 Å². The van der Waals surface area contributed by atoms with Crippen molar-refractivity contribution in [2.75, 3.05) is 37.7 Å². The lowest BCUT2D eigenvalue weighted by Crippen LogP contribution is -2.50. The molecule has 2 heterocycles. The highest BCUT2D eigenvalue weighted by atomic mass is 16.5. The maximum Gasteiger partial charge on any atom is 0.260 e. The molecule has 0 radical (unpaired) electrons. The molecule has 6 nitrogen and oxygen atoms in total. The van der Waals surface area contributed by atoms with E-state index in [0.29, 0.717) is 25.4 Å². The van der Waals surface area contributed by atoms with Crippen molar-refractivity contribution in [3.05, 3.63) is 70.5 Å². The Morgan fingerprint density at radius 2 is 1.73 bits per heavy atom. The standard InChI is InChI=1S/C24H27N3O3/c1-3-27-22-16-20(9-10-21(22)18(2)15-23(27)28)30-17-24(29)26-13-11-25(12-14-26)19-7-5-4-6-8-19/h4-10,15-16H,3,11-14,17H2,1-2H3. The van der Waals surface area contributed by atoms with Gasteiger partial charge in [0.2, 0.25) is 0 Å². The second kappa shape index (κ2) is 8.61. The topological polar surface area (TPSA) is 54.8 Å². The number of aromatic nitrogens is 1. The Hall–Kier alpha value is -3.28. The van der Waals surface area contributed by atoms with Gasteiger partial charge in [-0.25, -0.2) is 0 Å². The average Bonchev–Trinajstić information content (AvgIpc) is 2.78. The largest absolute Gasteiger partial charge is 0.484 e. The van der Waals surface area contributed by atoms with Crippen LogP contribution < -0.4 is 15.2 Å². The number of pyridine rings is 1. The number of benzene rings is 2. The number of ether oxygens (including phenoxy) is 1. The smallest absolute Gasteiger partial charge is 0.260 e. The van der Waals surface area contributed by atoms with Crippen LogP contribution in [0.25, 0.3) is 10.9 Å². The van der Waals surface area contributed by atoms with Gasteiger partial charge < -0.3 is 19.1 Å². The highest BCUT2D eigenvalue weighted by Crippen LogP contribution is 2.23. The Kier molecular flexibility index (Phi) is 5.74. The minimum absolute atomic E-state index is 0.000976. The fourth-order valence-corrected chi connectivity index (χ4v) is 4.03. The molecule has 2 aromatic carbocycles. The number of anilines is 1. The molecular weight excluding hydrogens is 378 g/mol. The van der Waals surface area contributed by atoms with Crippen molar-refractivity contribution in [1.29, 1.82) is 0 Å². The zero-order valence-corrected chi connectivity index (χ0v) is 17.5. The molecule has 6 heteroatoms. The summed E-state index contributed by atoms with van der Waals surface area (Å²) in [5.41, 5.74) is 2.95. The second-order valence-electron chi connectivity index (χ2n) is 7.58. The van der Waals surface area contributed by atoms with E-state index in [0.717, 1.165) is 29.6 Å². The summed E-state index contributed by atoms with van der Waals surface area (Å²) in [4.78, 5) is 29.0. The van der Waals surface area contributed by atoms with E-state index < -0.39 is 0 Å². The fraction of sp³-hybridized carbons (Fsp3) is 0.333. The first-order valence-corrected chi connectivity index (χ1v) is 10.4. The molecule has 1 aliphatic rings. The van der Waals surface area contributed by atoms with Gasteiger partial charge in [0, 0.05) is 55.9 Å². The molecule has 0 bridgehead atoms. The van der Waals surface area contributed by atoms with Gasteiger partial charge in [0.15, 0.2) is 6.61 Å². The van der Waals surface area contributed by atoms with Crippen LogP contribution in [0.5, 0.6) is 5.75 Å². The van der Waals surface area contributed by atoms with E-state index in [1.165, 1.54) is 5.69 Å². The molecule has 3 aromatic rings. The van der Waals surface area contributed by atoms with E-state index in [1.807, 2.05) is 55.1 Å². The summed E-state index contributed by atoms with van der Waals surface area (Å²) in [5, 5.41) is 1.02. The molecule has 0 unspecified atom stereocenters. The van der Waals surface area contributed by atoms with Crippen LogP contribution in [-0.4, -0.2) is 48.2 Å². The minimum atomic E-state index is -0.0213. The quantitative estimate of drug-likeness (QED) is 0.655. The summed E-state index contributed by atoms with van der Waals surface area (Å²) >= 11 is 0. The molecule has 1 aliphatic heterocycles. The van der Waals surface area contributed by atoms with Gasteiger partial charge in [0.05, 0.1) is 5.52 Å². The fourth-order valence-electron chi connectivity index (χ4n) is 4.03. The number of amides is 1. The summed E-state index contributed by atoms with van der Waals surface area (Å²) in [6.07, 6.45) is 0. The Bertz CT molecular complexity index is 1100. The van der Waals surface area contributed by atoms with E-state index in [2.05, 4.69) is 17.0 Å². The van der Waals surface area contributed by atoms with Crippen LogP contribution in [-0.2, 0) is 11.3 Å². The first-order chi connectivity index (χ1) is 14.6. The molecular formula is C24H27N3O3. The van der Waals surface area contributed by atoms with Crippen molar-refractivity contribution in [3.8, 4) is 5.75 Å². The Labute approximate surface area is 176 Å². The van der Waals surface area contributed by atoms with E-state index in [1.54, 1.807) is 10.6 Å². The highest BCUT2D eigenvalue weighted by molar-refractivity contribution is 5.84. The number of hydrogen-bond acceptors (Lipinski definition) is 4. The highest BCUT2D eigenvalue weighted by Gasteiger charge is 2.21. The van der Waals surface area contributed by atoms with Crippen molar-refractivity contribution in [1.82, 2.24) is 9.47 Å². The summed E-state index contributed by atoms with van der Waals surface area (Å²) < 4.78 is 7.52. The lowest BCUT2D eigenvalue weighted by Gasteiger charge is -2.36. The number of carbonyl (C=O) groups is 1. The number of fused-ring (bicyclic) bond motifs is 1. The van der Waals surface area contributed by atoms with Gasteiger partial charge in [-0.1, -0.05) is 18.2 Å². The van der Waals surface area contributed by atoms with Crippen molar-refractivity contribution in [3.63, 3.8) is 0 Å². The molecule has 0 N–H and O–H groups in total. The Morgan fingerprint density at radius 3 is 2.43 bits per heavy atom. The zero-order valence-electron chi connectivity index (χ0n) is 17.5. The molecule has 0 spiro atoms. The van der Waals surface area contributed by atoms with Crippen LogP contribution in [0.2, 0.25) is 0 Å². The first-order valence-electron chi connectivity index (χ1n) is 10.4. The molecule has 30 heavy (non-hydrogen) atoms. The number of aryl methyl sites for hydroxylation is 2. The maximum atomic E-state index is 12.6. The average molecular weight is 405 g/mol. The molecule has 156 valence electrons. The number of piperazine rings is 1. The normalized spacial score (nSPS) is 14.2. The van der Waals surface area contributed by atoms with Gasteiger partial charge in [-0.2, -0.15) is 0 Å². The van der Waals surface area contributed by atoms with E-state index in [-0.39, 0.29) is 18.1 Å². The Morgan fingerprint density at radius 1 is 1.00 bits per heavy atom. The van der Waals surface area contributed by atoms with Crippen LogP contribution >= 0.6 is 0 Å². The summed E-state index contributed by atoms with van der Waals surface area (Å²) in [6.45, 7) is 7.46. The van der Waals surface area contributed by atoms with E-state index in [4.69, 9.17) is 4.74 Å². The maximum absolute atomic E-state index is 12.6. The SMILES string of the molecule is CCn1c(=O)cc(C)c2ccc(OCC(=O)N3CCN(c4ccccc4)CC3)cc21. The third kappa shape index (κ3) is 4.03. The van der Waals surface area contributed by atoms with E-state index in [9.17, 15) is 9.59 Å². The predicted molar refractivity (Wildman–Crippen MR) is 119 cm³/mol. The molecule has 0 atom stereocenters. The molecule has 0 saturated carbocycles. The summed E-state index contributed by atoms with van der Waals surface area (Å²) in [7, 11) is 0. The van der Waals surface area contributed by atoms with Gasteiger partial charge >= 0.3 is 0 Å². The van der Waals surface area contributed by atoms with Gasteiger partial charge in [-0.05, 0) is 43.7 Å². The monoisotopic (exact) mass is 405 g/mol. The molecule has 4 rings (SSSR count). The van der Waals surface area contributed by atoms with Gasteiger partial charge in [0.25, 0.3) is 11.5 Å². The van der Waals surface area contributed by atoms with Crippen molar-refractivity contribution < 1.29 is 9.53 Å². The number of hydrogen-bond donors (Lipinski definition) is 0. The van der Waals surface area contributed by atoms with Crippen molar-refractivity contribution >= 4 is 22.5 Å². The van der Waals surface area contributed by atoms with Crippen LogP contribution in [0.1, 0.15) is 12.5 Å². The van der Waals surface area contributed by atoms with Crippen molar-refractivity contribution in [2.45, 2.75) is 20.4 Å². The predicted octanol–water partition coefficient (Wildman–Crippen LogP) is 3.06. The van der Waals surface area contributed by atoms with Gasteiger partial charge in [0.1, 0.15) is 5.75 Å². The lowest BCUT2D eigenvalue weighted by atomic mass is 10.1. The molecule has 1 aromatic heterocycles. The second-order valence-corrected chi connectivity index (χ2v) is 7.58. The van der Waals surface area contributed by atoms with Crippen LogP contribution in [0, 0.1) is 6.92 Å². The van der Waals surface area contributed by atoms with Crippen LogP contribution in [0.3, 0.4) is 0 Å². The molecule has 1 saturated heterocycles.